The van der Waals surface area contributed by atoms with Crippen LogP contribution in [0.4, 0.5) is 5.69 Å². The van der Waals surface area contributed by atoms with E-state index in [-0.39, 0.29) is 18.4 Å². The van der Waals surface area contributed by atoms with Crippen molar-refractivity contribution in [2.45, 2.75) is 0 Å². The van der Waals surface area contributed by atoms with E-state index in [0.717, 1.165) is 0 Å². The molecule has 1 heterocycles. The highest BCUT2D eigenvalue weighted by Gasteiger charge is 2.30. The van der Waals surface area contributed by atoms with Crippen molar-refractivity contribution >= 4 is 11.6 Å². The molecule has 0 radical (unpaired) electrons. The molecule has 4 heteroatoms. The molecule has 0 aliphatic carbocycles. The Kier molecular flexibility index (Phi) is 2.60. The number of likely N-dealkylation sites (tertiary alicyclic amines) is 1. The summed E-state index contributed by atoms with van der Waals surface area (Å²) in [5.41, 5.74) is 6.81. The van der Waals surface area contributed by atoms with Gasteiger partial charge in [0.2, 0.25) is 0 Å². The quantitative estimate of drug-likeness (QED) is 0.685. The van der Waals surface area contributed by atoms with Crippen LogP contribution in [-0.4, -0.2) is 35.6 Å². The molecule has 2 rings (SSSR count). The maximum Gasteiger partial charge on any atom is 0.253 e. The summed E-state index contributed by atoms with van der Waals surface area (Å²) in [4.78, 5) is 13.5. The number of benzene rings is 1. The molecule has 1 aliphatic heterocycles. The van der Waals surface area contributed by atoms with E-state index in [0.29, 0.717) is 24.3 Å². The summed E-state index contributed by atoms with van der Waals surface area (Å²) in [7, 11) is 0. The molecule has 80 valence electrons. The van der Waals surface area contributed by atoms with Crippen molar-refractivity contribution in [1.29, 1.82) is 0 Å². The highest BCUT2D eigenvalue weighted by molar-refractivity contribution is 5.95. The maximum atomic E-state index is 11.8. The molecule has 15 heavy (non-hydrogen) atoms. The highest BCUT2D eigenvalue weighted by Crippen LogP contribution is 2.18. The number of hydrogen-bond donors (Lipinski definition) is 2. The maximum absolute atomic E-state index is 11.8. The van der Waals surface area contributed by atoms with Crippen molar-refractivity contribution in [3.8, 4) is 0 Å². The van der Waals surface area contributed by atoms with Crippen LogP contribution in [0.3, 0.4) is 0 Å². The summed E-state index contributed by atoms with van der Waals surface area (Å²) < 4.78 is 0. The zero-order valence-corrected chi connectivity index (χ0v) is 8.39. The van der Waals surface area contributed by atoms with E-state index < -0.39 is 0 Å². The lowest BCUT2D eigenvalue weighted by Gasteiger charge is -2.38. The normalized spacial score (nSPS) is 16.2. The van der Waals surface area contributed by atoms with Crippen LogP contribution in [0, 0.1) is 5.92 Å². The first-order chi connectivity index (χ1) is 7.20. The molecular weight excluding hydrogens is 192 g/mol. The predicted octanol–water partition coefficient (Wildman–Crippen LogP) is 0.333. The molecule has 0 spiro atoms. The minimum atomic E-state index is -0.00741. The van der Waals surface area contributed by atoms with Gasteiger partial charge in [-0.1, -0.05) is 6.07 Å². The van der Waals surface area contributed by atoms with Gasteiger partial charge < -0.3 is 15.7 Å². The molecule has 0 aromatic heterocycles. The Balaban J connectivity index is 2.03. The largest absolute Gasteiger partial charge is 0.399 e. The SMILES string of the molecule is Nc1cccc(C(=O)N2CC(CO)C2)c1. The van der Waals surface area contributed by atoms with E-state index in [4.69, 9.17) is 10.8 Å². The molecule has 3 N–H and O–H groups in total. The fourth-order valence-corrected chi connectivity index (χ4v) is 1.71. The lowest BCUT2D eigenvalue weighted by atomic mass is 10.00. The van der Waals surface area contributed by atoms with Gasteiger partial charge in [0.25, 0.3) is 5.91 Å². The Bertz CT molecular complexity index is 373. The van der Waals surface area contributed by atoms with Crippen LogP contribution in [0.25, 0.3) is 0 Å². The van der Waals surface area contributed by atoms with Crippen LogP contribution < -0.4 is 5.73 Å². The van der Waals surface area contributed by atoms with Gasteiger partial charge in [0.1, 0.15) is 0 Å². The van der Waals surface area contributed by atoms with Crippen molar-refractivity contribution in [3.63, 3.8) is 0 Å². The fourth-order valence-electron chi connectivity index (χ4n) is 1.71. The molecule has 0 unspecified atom stereocenters. The van der Waals surface area contributed by atoms with Gasteiger partial charge in [-0.15, -0.1) is 0 Å². The molecular formula is C11H14N2O2. The van der Waals surface area contributed by atoms with Gasteiger partial charge in [-0.2, -0.15) is 0 Å². The van der Waals surface area contributed by atoms with Crippen molar-refractivity contribution in [2.75, 3.05) is 25.4 Å². The molecule has 1 aromatic carbocycles. The first kappa shape index (κ1) is 9.98. The molecule has 0 saturated carbocycles. The minimum absolute atomic E-state index is 0.00741. The Morgan fingerprint density at radius 2 is 2.27 bits per heavy atom. The number of hydrogen-bond acceptors (Lipinski definition) is 3. The summed E-state index contributed by atoms with van der Waals surface area (Å²) in [5.74, 6) is 0.238. The zero-order valence-electron chi connectivity index (χ0n) is 8.39. The van der Waals surface area contributed by atoms with Crippen molar-refractivity contribution in [3.05, 3.63) is 29.8 Å². The first-order valence-electron chi connectivity index (χ1n) is 4.96. The minimum Gasteiger partial charge on any atom is -0.399 e. The first-order valence-corrected chi connectivity index (χ1v) is 4.96. The third-order valence-electron chi connectivity index (χ3n) is 2.64. The molecule has 0 bridgehead atoms. The van der Waals surface area contributed by atoms with Gasteiger partial charge in [-0.3, -0.25) is 4.79 Å². The van der Waals surface area contributed by atoms with Gasteiger partial charge in [0, 0.05) is 36.9 Å². The number of aliphatic hydroxyl groups is 1. The third kappa shape index (κ3) is 1.94. The van der Waals surface area contributed by atoms with E-state index in [9.17, 15) is 4.79 Å². The van der Waals surface area contributed by atoms with Gasteiger partial charge in [-0.25, -0.2) is 0 Å². The lowest BCUT2D eigenvalue weighted by Crippen LogP contribution is -2.51. The summed E-state index contributed by atoms with van der Waals surface area (Å²) in [5, 5.41) is 8.84. The van der Waals surface area contributed by atoms with Crippen LogP contribution >= 0.6 is 0 Å². The summed E-state index contributed by atoms with van der Waals surface area (Å²) >= 11 is 0. The summed E-state index contributed by atoms with van der Waals surface area (Å²) in [6.45, 7) is 1.44. The van der Waals surface area contributed by atoms with Crippen molar-refractivity contribution in [1.82, 2.24) is 4.90 Å². The number of anilines is 1. The van der Waals surface area contributed by atoms with E-state index in [2.05, 4.69) is 0 Å². The number of nitrogen functional groups attached to an aromatic ring is 1. The van der Waals surface area contributed by atoms with Gasteiger partial charge in [0.05, 0.1) is 0 Å². The van der Waals surface area contributed by atoms with Crippen LogP contribution in [0.2, 0.25) is 0 Å². The molecule has 1 aromatic rings. The Labute approximate surface area is 88.3 Å². The zero-order chi connectivity index (χ0) is 10.8. The van der Waals surface area contributed by atoms with E-state index in [1.165, 1.54) is 0 Å². The molecule has 1 aliphatic rings. The predicted molar refractivity (Wildman–Crippen MR) is 57.3 cm³/mol. The fraction of sp³-hybridized carbons (Fsp3) is 0.364. The average molecular weight is 206 g/mol. The third-order valence-corrected chi connectivity index (χ3v) is 2.64. The Morgan fingerprint density at radius 3 is 2.87 bits per heavy atom. The van der Waals surface area contributed by atoms with Crippen LogP contribution in [0.1, 0.15) is 10.4 Å². The van der Waals surface area contributed by atoms with E-state index in [1.54, 1.807) is 29.2 Å². The number of nitrogens with zero attached hydrogens (tertiary/aromatic N) is 1. The number of nitrogens with two attached hydrogens (primary N) is 1. The number of rotatable bonds is 2. The molecule has 1 fully saturated rings. The highest BCUT2D eigenvalue weighted by atomic mass is 16.3. The standard InChI is InChI=1S/C11H14N2O2/c12-10-3-1-2-9(4-10)11(15)13-5-8(6-13)7-14/h1-4,8,14H,5-7,12H2. The second-order valence-corrected chi connectivity index (χ2v) is 3.88. The lowest BCUT2D eigenvalue weighted by molar-refractivity contribution is 0.0362. The van der Waals surface area contributed by atoms with Gasteiger partial charge in [-0.05, 0) is 18.2 Å². The topological polar surface area (TPSA) is 66.6 Å². The number of carbonyl (C=O) groups excluding carboxylic acids is 1. The number of carbonyl (C=O) groups is 1. The summed E-state index contributed by atoms with van der Waals surface area (Å²) in [6.07, 6.45) is 0. The van der Waals surface area contributed by atoms with Gasteiger partial charge >= 0.3 is 0 Å². The van der Waals surface area contributed by atoms with Gasteiger partial charge in [0.15, 0.2) is 0 Å². The van der Waals surface area contributed by atoms with Crippen molar-refractivity contribution in [2.24, 2.45) is 5.92 Å². The number of amides is 1. The second-order valence-electron chi connectivity index (χ2n) is 3.88. The van der Waals surface area contributed by atoms with E-state index >= 15 is 0 Å². The van der Waals surface area contributed by atoms with Crippen LogP contribution in [-0.2, 0) is 0 Å². The molecule has 0 atom stereocenters. The molecule has 1 saturated heterocycles. The Hall–Kier alpha value is -1.55. The molecule has 4 nitrogen and oxygen atoms in total. The monoisotopic (exact) mass is 206 g/mol. The summed E-state index contributed by atoms with van der Waals surface area (Å²) in [6, 6.07) is 6.95. The number of aliphatic hydroxyl groups excluding tert-OH is 1. The van der Waals surface area contributed by atoms with Crippen molar-refractivity contribution < 1.29 is 9.90 Å². The average Bonchev–Trinajstić information content (AvgIpc) is 2.16. The van der Waals surface area contributed by atoms with Crippen LogP contribution in [0.15, 0.2) is 24.3 Å². The van der Waals surface area contributed by atoms with E-state index in [1.807, 2.05) is 0 Å². The molecule has 1 amide bonds. The smallest absolute Gasteiger partial charge is 0.253 e. The second kappa shape index (κ2) is 3.90. The Morgan fingerprint density at radius 1 is 1.53 bits per heavy atom. The van der Waals surface area contributed by atoms with Crippen LogP contribution in [0.5, 0.6) is 0 Å².